The SMILES string of the molecule is O=c1c(=O)n1CCc1ccc(O)cc1. The minimum Gasteiger partial charge on any atom is -0.508 e. The van der Waals surface area contributed by atoms with Crippen molar-refractivity contribution in [3.8, 4) is 5.75 Å². The van der Waals surface area contributed by atoms with E-state index in [1.165, 1.54) is 4.57 Å². The zero-order valence-electron chi connectivity index (χ0n) is 7.43. The molecule has 1 heterocycles. The van der Waals surface area contributed by atoms with Crippen molar-refractivity contribution in [1.82, 2.24) is 4.57 Å². The maximum absolute atomic E-state index is 10.6. The number of hydrogen-bond donors (Lipinski definition) is 1. The second-order valence-electron chi connectivity index (χ2n) is 3.18. The van der Waals surface area contributed by atoms with Crippen molar-refractivity contribution in [2.24, 2.45) is 0 Å². The van der Waals surface area contributed by atoms with Crippen LogP contribution in [-0.4, -0.2) is 9.67 Å². The first-order valence-electron chi connectivity index (χ1n) is 4.32. The number of phenols is 1. The minimum absolute atomic E-state index is 0.215. The lowest BCUT2D eigenvalue weighted by atomic mass is 10.1. The van der Waals surface area contributed by atoms with Gasteiger partial charge in [0.2, 0.25) is 0 Å². The monoisotopic (exact) mass is 191 g/mol. The molecule has 0 aliphatic rings. The molecule has 0 aliphatic carbocycles. The Hall–Kier alpha value is -1.84. The molecule has 1 N–H and O–H groups in total. The quantitative estimate of drug-likeness (QED) is 0.696. The maximum Gasteiger partial charge on any atom is 0.319 e. The van der Waals surface area contributed by atoms with Gasteiger partial charge in [-0.05, 0) is 24.1 Å². The van der Waals surface area contributed by atoms with Gasteiger partial charge in [0.05, 0.1) is 0 Å². The summed E-state index contributed by atoms with van der Waals surface area (Å²) in [5.74, 6) is 0.215. The highest BCUT2D eigenvalue weighted by Crippen LogP contribution is 2.10. The molecule has 0 saturated carbocycles. The van der Waals surface area contributed by atoms with E-state index in [1.807, 2.05) is 0 Å². The van der Waals surface area contributed by atoms with Crippen LogP contribution in [0.25, 0.3) is 0 Å². The normalized spacial score (nSPS) is 10.9. The minimum atomic E-state index is -0.399. The lowest BCUT2D eigenvalue weighted by Crippen LogP contribution is -1.99. The summed E-state index contributed by atoms with van der Waals surface area (Å²) in [6.07, 6.45) is 0.637. The van der Waals surface area contributed by atoms with Crippen molar-refractivity contribution >= 4 is 0 Å². The first-order valence-corrected chi connectivity index (χ1v) is 4.32. The summed E-state index contributed by atoms with van der Waals surface area (Å²) in [7, 11) is 0. The number of aromatic nitrogens is 1. The average molecular weight is 191 g/mol. The van der Waals surface area contributed by atoms with Gasteiger partial charge in [0.15, 0.2) is 0 Å². The van der Waals surface area contributed by atoms with Crippen LogP contribution >= 0.6 is 0 Å². The van der Waals surface area contributed by atoms with Gasteiger partial charge in [-0.3, -0.25) is 14.2 Å². The molecule has 0 aliphatic heterocycles. The standard InChI is InChI=1S/C10H9NO3/c12-8-3-1-7(2-4-8)5-6-11-9(13)10(11)14/h1-4,12H,5-6H2. The molecule has 0 unspecified atom stereocenters. The molecule has 0 saturated heterocycles. The lowest BCUT2D eigenvalue weighted by molar-refractivity contribution is 0.475. The zero-order chi connectivity index (χ0) is 10.1. The fourth-order valence-electron chi connectivity index (χ4n) is 1.27. The first-order chi connectivity index (χ1) is 6.68. The van der Waals surface area contributed by atoms with E-state index in [2.05, 4.69) is 0 Å². The fraction of sp³-hybridized carbons (Fsp3) is 0.200. The molecule has 0 radical (unpaired) electrons. The number of phenolic OH excluding ortho intramolecular Hbond substituents is 1. The Kier molecular flexibility index (Phi) is 1.96. The molecule has 4 heteroatoms. The Bertz CT molecular complexity index is 478. The van der Waals surface area contributed by atoms with E-state index in [1.54, 1.807) is 24.3 Å². The third kappa shape index (κ3) is 1.59. The molecule has 72 valence electrons. The Morgan fingerprint density at radius 3 is 2.14 bits per heavy atom. The van der Waals surface area contributed by atoms with Gasteiger partial charge in [-0.25, -0.2) is 0 Å². The van der Waals surface area contributed by atoms with Crippen LogP contribution in [0.1, 0.15) is 5.56 Å². The third-order valence-electron chi connectivity index (χ3n) is 2.18. The number of benzene rings is 1. The predicted octanol–water partition coefficient (Wildman–Crippen LogP) is 0.0324. The highest BCUT2D eigenvalue weighted by atomic mass is 16.3. The fourth-order valence-corrected chi connectivity index (χ4v) is 1.27. The maximum atomic E-state index is 10.6. The number of aromatic hydroxyl groups is 1. The van der Waals surface area contributed by atoms with Crippen LogP contribution in [0.15, 0.2) is 33.9 Å². The zero-order valence-corrected chi connectivity index (χ0v) is 7.43. The average Bonchev–Trinajstić information content (AvgIpc) is 2.74. The van der Waals surface area contributed by atoms with Gasteiger partial charge in [-0.2, -0.15) is 0 Å². The van der Waals surface area contributed by atoms with E-state index < -0.39 is 11.1 Å². The first kappa shape index (κ1) is 8.74. The van der Waals surface area contributed by atoms with Gasteiger partial charge in [-0.15, -0.1) is 0 Å². The van der Waals surface area contributed by atoms with Crippen molar-refractivity contribution in [3.63, 3.8) is 0 Å². The van der Waals surface area contributed by atoms with Crippen molar-refractivity contribution in [1.29, 1.82) is 0 Å². The summed E-state index contributed by atoms with van der Waals surface area (Å²) in [5, 5.41) is 9.01. The molecule has 4 nitrogen and oxygen atoms in total. The molecule has 0 atom stereocenters. The largest absolute Gasteiger partial charge is 0.508 e. The Morgan fingerprint density at radius 1 is 1.07 bits per heavy atom. The Balaban J connectivity index is 1.99. The van der Waals surface area contributed by atoms with Crippen LogP contribution in [-0.2, 0) is 13.0 Å². The van der Waals surface area contributed by atoms with Gasteiger partial charge in [-0.1, -0.05) is 12.1 Å². The van der Waals surface area contributed by atoms with Crippen LogP contribution in [0.5, 0.6) is 5.75 Å². The summed E-state index contributed by atoms with van der Waals surface area (Å²) < 4.78 is 1.20. The Labute approximate surface area is 79.7 Å². The van der Waals surface area contributed by atoms with Crippen molar-refractivity contribution < 1.29 is 5.11 Å². The number of hydrogen-bond acceptors (Lipinski definition) is 3. The summed E-state index contributed by atoms with van der Waals surface area (Å²) in [6, 6.07) is 6.71. The summed E-state index contributed by atoms with van der Waals surface area (Å²) >= 11 is 0. The van der Waals surface area contributed by atoms with Gasteiger partial charge in [0, 0.05) is 6.54 Å². The second kappa shape index (κ2) is 3.14. The van der Waals surface area contributed by atoms with E-state index in [4.69, 9.17) is 5.11 Å². The van der Waals surface area contributed by atoms with Gasteiger partial charge in [0.25, 0.3) is 0 Å². The van der Waals surface area contributed by atoms with Crippen molar-refractivity contribution in [3.05, 3.63) is 50.5 Å². The molecule has 0 fully saturated rings. The van der Waals surface area contributed by atoms with Crippen LogP contribution in [0.4, 0.5) is 0 Å². The highest BCUT2D eigenvalue weighted by molar-refractivity contribution is 5.25. The molecule has 0 amide bonds. The Morgan fingerprint density at radius 2 is 1.64 bits per heavy atom. The van der Waals surface area contributed by atoms with Crippen LogP contribution in [0.2, 0.25) is 0 Å². The number of aryl methyl sites for hydroxylation is 1. The third-order valence-corrected chi connectivity index (χ3v) is 2.18. The second-order valence-corrected chi connectivity index (χ2v) is 3.18. The van der Waals surface area contributed by atoms with E-state index in [0.717, 1.165) is 5.56 Å². The predicted molar refractivity (Wildman–Crippen MR) is 51.2 cm³/mol. The molecule has 0 spiro atoms. The molecule has 2 aromatic rings. The van der Waals surface area contributed by atoms with Crippen molar-refractivity contribution in [2.45, 2.75) is 13.0 Å². The summed E-state index contributed by atoms with van der Waals surface area (Å²) in [4.78, 5) is 21.3. The number of nitrogens with zero attached hydrogens (tertiary/aromatic N) is 1. The lowest BCUT2D eigenvalue weighted by Gasteiger charge is -1.98. The number of rotatable bonds is 3. The molecular weight excluding hydrogens is 182 g/mol. The molecule has 1 aromatic carbocycles. The molecule has 2 rings (SSSR count). The molecule has 0 bridgehead atoms. The van der Waals surface area contributed by atoms with Crippen LogP contribution < -0.4 is 11.1 Å². The van der Waals surface area contributed by atoms with Gasteiger partial charge < -0.3 is 5.11 Å². The van der Waals surface area contributed by atoms with E-state index in [-0.39, 0.29) is 5.75 Å². The molecular formula is C10H9NO3. The van der Waals surface area contributed by atoms with E-state index >= 15 is 0 Å². The summed E-state index contributed by atoms with van der Waals surface area (Å²) in [6.45, 7) is 0.433. The van der Waals surface area contributed by atoms with Crippen molar-refractivity contribution in [2.75, 3.05) is 0 Å². The van der Waals surface area contributed by atoms with Gasteiger partial charge in [0.1, 0.15) is 5.75 Å². The van der Waals surface area contributed by atoms with E-state index in [0.29, 0.717) is 13.0 Å². The smallest absolute Gasteiger partial charge is 0.319 e. The van der Waals surface area contributed by atoms with Gasteiger partial charge >= 0.3 is 11.1 Å². The van der Waals surface area contributed by atoms with Crippen LogP contribution in [0.3, 0.4) is 0 Å². The van der Waals surface area contributed by atoms with Crippen LogP contribution in [0, 0.1) is 0 Å². The summed E-state index contributed by atoms with van der Waals surface area (Å²) in [5.41, 5.74) is 0.197. The highest BCUT2D eigenvalue weighted by Gasteiger charge is 2.14. The molecule has 14 heavy (non-hydrogen) atoms. The molecule has 1 aromatic heterocycles. The van der Waals surface area contributed by atoms with E-state index in [9.17, 15) is 9.59 Å². The topological polar surface area (TPSA) is 59.3 Å².